The molecule has 31 heavy (non-hydrogen) atoms. The molecular weight excluding hydrogens is 410 g/mol. The maximum absolute atomic E-state index is 12.7. The average Bonchev–Trinajstić information content (AvgIpc) is 3.12. The molecule has 0 aliphatic carbocycles. The first-order valence-electron chi connectivity index (χ1n) is 10.1. The number of rotatable bonds is 3. The highest BCUT2D eigenvalue weighted by Crippen LogP contribution is 2.43. The van der Waals surface area contributed by atoms with Gasteiger partial charge in [0.15, 0.2) is 0 Å². The Bertz CT molecular complexity index is 1280. The molecule has 2 aromatic heterocycles. The Morgan fingerprint density at radius 1 is 1.00 bits per heavy atom. The number of anilines is 1. The molecule has 7 heteroatoms. The second kappa shape index (κ2) is 7.63. The minimum atomic E-state index is -0.183. The van der Waals surface area contributed by atoms with Crippen LogP contribution in [0.1, 0.15) is 34.9 Å². The maximum atomic E-state index is 12.7. The molecule has 6 nitrogen and oxygen atoms in total. The monoisotopic (exact) mass is 429 g/mol. The zero-order valence-electron chi connectivity index (χ0n) is 17.1. The van der Waals surface area contributed by atoms with Crippen LogP contribution in [0, 0.1) is 13.8 Å². The van der Waals surface area contributed by atoms with E-state index in [-0.39, 0.29) is 11.8 Å². The fourth-order valence-electron chi connectivity index (χ4n) is 4.11. The third-order valence-corrected chi connectivity index (χ3v) is 5.61. The van der Waals surface area contributed by atoms with E-state index in [1.807, 2.05) is 74.5 Å². The summed E-state index contributed by atoms with van der Waals surface area (Å²) in [5.74, 6) is 0.771. The van der Waals surface area contributed by atoms with Crippen LogP contribution >= 0.6 is 11.6 Å². The van der Waals surface area contributed by atoms with Crippen molar-refractivity contribution >= 4 is 23.3 Å². The number of fused-ring (bicyclic) bond motifs is 1. The van der Waals surface area contributed by atoms with Crippen LogP contribution in [0.5, 0.6) is 0 Å². The summed E-state index contributed by atoms with van der Waals surface area (Å²) in [6.45, 7) is 3.83. The molecule has 1 amide bonds. The number of hydrogen-bond acceptors (Lipinski definition) is 4. The topological polar surface area (TPSA) is 72.7 Å². The van der Waals surface area contributed by atoms with Crippen molar-refractivity contribution in [3.05, 3.63) is 88.2 Å². The molecule has 0 spiro atoms. The van der Waals surface area contributed by atoms with Gasteiger partial charge in [-0.25, -0.2) is 9.97 Å². The molecule has 1 N–H and O–H groups in total. The fourth-order valence-corrected chi connectivity index (χ4v) is 4.31. The van der Waals surface area contributed by atoms with Crippen LogP contribution in [0.2, 0.25) is 5.02 Å². The number of nitrogens with zero attached hydrogens (tertiary/aromatic N) is 4. The van der Waals surface area contributed by atoms with E-state index in [1.165, 1.54) is 0 Å². The van der Waals surface area contributed by atoms with Crippen molar-refractivity contribution in [3.8, 4) is 17.2 Å². The molecule has 0 bridgehead atoms. The fraction of sp³-hybridized carbons (Fsp3) is 0.167. The molecule has 0 radical (unpaired) electrons. The molecule has 3 heterocycles. The summed E-state index contributed by atoms with van der Waals surface area (Å²) in [5, 5.41) is 8.55. The van der Waals surface area contributed by atoms with E-state index in [0.29, 0.717) is 23.2 Å². The van der Waals surface area contributed by atoms with Crippen molar-refractivity contribution in [2.45, 2.75) is 26.2 Å². The summed E-state index contributed by atoms with van der Waals surface area (Å²) in [5.41, 5.74) is 5.34. The van der Waals surface area contributed by atoms with Gasteiger partial charge >= 0.3 is 0 Å². The molecule has 154 valence electrons. The van der Waals surface area contributed by atoms with Crippen LogP contribution in [0.3, 0.4) is 0 Å². The Balaban J connectivity index is 1.79. The Hall–Kier alpha value is -3.51. The highest BCUT2D eigenvalue weighted by molar-refractivity contribution is 6.30. The standard InChI is InChI=1S/C24H20ClN5O/c1-14-11-15(2)27-24(26-14)30-23-21(22(29-30)16-7-4-3-5-8-16)19(13-20(31)28-23)17-9-6-10-18(25)12-17/h3-12,19H,13H2,1-2H3,(H,28,31). The largest absolute Gasteiger partial charge is 0.310 e. The number of carbonyl (C=O) groups excluding carboxylic acids is 1. The van der Waals surface area contributed by atoms with E-state index in [9.17, 15) is 4.79 Å². The molecular formula is C24H20ClN5O. The summed E-state index contributed by atoms with van der Waals surface area (Å²) < 4.78 is 1.65. The minimum absolute atomic E-state index is 0.0809. The Kier molecular flexibility index (Phi) is 4.79. The number of carbonyl (C=O) groups is 1. The quantitative estimate of drug-likeness (QED) is 0.493. The summed E-state index contributed by atoms with van der Waals surface area (Å²) >= 11 is 6.28. The molecule has 0 saturated heterocycles. The molecule has 4 aromatic rings. The predicted molar refractivity (Wildman–Crippen MR) is 121 cm³/mol. The van der Waals surface area contributed by atoms with E-state index in [1.54, 1.807) is 4.68 Å². The number of nitrogens with one attached hydrogen (secondary N) is 1. The molecule has 5 rings (SSSR count). The van der Waals surface area contributed by atoms with Crippen molar-refractivity contribution < 1.29 is 4.79 Å². The number of aryl methyl sites for hydroxylation is 2. The second-order valence-electron chi connectivity index (χ2n) is 7.70. The number of aromatic nitrogens is 4. The molecule has 0 saturated carbocycles. The van der Waals surface area contributed by atoms with Gasteiger partial charge in [0.25, 0.3) is 5.95 Å². The van der Waals surface area contributed by atoms with Gasteiger partial charge in [-0.05, 0) is 37.6 Å². The van der Waals surface area contributed by atoms with Gasteiger partial charge in [-0.1, -0.05) is 54.1 Å². The SMILES string of the molecule is Cc1cc(C)nc(-n2nc(-c3ccccc3)c3c2NC(=O)CC3c2cccc(Cl)c2)n1. The summed E-state index contributed by atoms with van der Waals surface area (Å²) in [7, 11) is 0. The molecule has 1 aliphatic heterocycles. The van der Waals surface area contributed by atoms with E-state index in [2.05, 4.69) is 15.3 Å². The Morgan fingerprint density at radius 2 is 1.74 bits per heavy atom. The maximum Gasteiger partial charge on any atom is 0.252 e. The van der Waals surface area contributed by atoms with Gasteiger partial charge in [0, 0.05) is 39.9 Å². The first-order valence-corrected chi connectivity index (χ1v) is 10.4. The van der Waals surface area contributed by atoms with Crippen molar-refractivity contribution in [2.24, 2.45) is 0 Å². The molecule has 2 aromatic carbocycles. The molecule has 1 aliphatic rings. The van der Waals surface area contributed by atoms with Gasteiger partial charge < -0.3 is 5.32 Å². The molecule has 1 unspecified atom stereocenters. The first kappa shape index (κ1) is 19.5. The Morgan fingerprint density at radius 3 is 2.45 bits per heavy atom. The number of halogens is 1. The first-order chi connectivity index (χ1) is 15.0. The van der Waals surface area contributed by atoms with Crippen LogP contribution in [-0.2, 0) is 4.79 Å². The predicted octanol–water partition coefficient (Wildman–Crippen LogP) is 5.07. The van der Waals surface area contributed by atoms with Gasteiger partial charge in [0.1, 0.15) is 5.82 Å². The van der Waals surface area contributed by atoms with Crippen molar-refractivity contribution in [1.29, 1.82) is 0 Å². The third kappa shape index (κ3) is 3.59. The van der Waals surface area contributed by atoms with E-state index in [4.69, 9.17) is 16.7 Å². The van der Waals surface area contributed by atoms with Crippen LogP contribution < -0.4 is 5.32 Å². The van der Waals surface area contributed by atoms with Gasteiger partial charge in [-0.3, -0.25) is 4.79 Å². The van der Waals surface area contributed by atoms with E-state index in [0.717, 1.165) is 33.8 Å². The molecule has 1 atom stereocenters. The van der Waals surface area contributed by atoms with Gasteiger partial charge in [0.2, 0.25) is 5.91 Å². The van der Waals surface area contributed by atoms with Crippen LogP contribution in [-0.4, -0.2) is 25.7 Å². The third-order valence-electron chi connectivity index (χ3n) is 5.38. The highest BCUT2D eigenvalue weighted by Gasteiger charge is 2.35. The van der Waals surface area contributed by atoms with Gasteiger partial charge in [-0.2, -0.15) is 9.78 Å². The number of benzene rings is 2. The van der Waals surface area contributed by atoms with Crippen molar-refractivity contribution in [3.63, 3.8) is 0 Å². The van der Waals surface area contributed by atoms with Crippen LogP contribution in [0.25, 0.3) is 17.2 Å². The van der Waals surface area contributed by atoms with Crippen molar-refractivity contribution in [2.75, 3.05) is 5.32 Å². The van der Waals surface area contributed by atoms with Crippen LogP contribution in [0.15, 0.2) is 60.7 Å². The summed E-state index contributed by atoms with van der Waals surface area (Å²) in [4.78, 5) is 21.9. The normalized spacial score (nSPS) is 15.5. The Labute approximate surface area is 184 Å². The number of amides is 1. The lowest BCUT2D eigenvalue weighted by atomic mass is 9.84. The van der Waals surface area contributed by atoms with Gasteiger partial charge in [0.05, 0.1) is 5.69 Å². The summed E-state index contributed by atoms with van der Waals surface area (Å²) in [6.07, 6.45) is 0.312. The van der Waals surface area contributed by atoms with E-state index < -0.39 is 0 Å². The van der Waals surface area contributed by atoms with Crippen molar-refractivity contribution in [1.82, 2.24) is 19.7 Å². The van der Waals surface area contributed by atoms with E-state index >= 15 is 0 Å². The minimum Gasteiger partial charge on any atom is -0.310 e. The van der Waals surface area contributed by atoms with Crippen LogP contribution in [0.4, 0.5) is 5.82 Å². The average molecular weight is 430 g/mol. The summed E-state index contributed by atoms with van der Waals surface area (Å²) in [6, 6.07) is 19.5. The van der Waals surface area contributed by atoms with Gasteiger partial charge in [-0.15, -0.1) is 0 Å². The second-order valence-corrected chi connectivity index (χ2v) is 8.14. The smallest absolute Gasteiger partial charge is 0.252 e. The lowest BCUT2D eigenvalue weighted by molar-refractivity contribution is -0.116. The lowest BCUT2D eigenvalue weighted by Gasteiger charge is -2.24. The zero-order valence-corrected chi connectivity index (χ0v) is 17.9. The molecule has 0 fully saturated rings. The number of hydrogen-bond donors (Lipinski definition) is 1. The zero-order chi connectivity index (χ0) is 21.5. The highest BCUT2D eigenvalue weighted by atomic mass is 35.5. The lowest BCUT2D eigenvalue weighted by Crippen LogP contribution is -2.25.